The Hall–Kier alpha value is -1.80. The van der Waals surface area contributed by atoms with Crippen LogP contribution in [0.4, 0.5) is 18.9 Å². The molecule has 8 heteroatoms. The number of ether oxygens (including phenoxy) is 2. The van der Waals surface area contributed by atoms with Crippen molar-refractivity contribution in [2.45, 2.75) is 57.6 Å². The van der Waals surface area contributed by atoms with Gasteiger partial charge in [0.1, 0.15) is 5.75 Å². The molecule has 1 heterocycles. The van der Waals surface area contributed by atoms with E-state index in [0.717, 1.165) is 6.42 Å². The second-order valence-corrected chi connectivity index (χ2v) is 7.25. The van der Waals surface area contributed by atoms with Crippen LogP contribution < -0.4 is 9.64 Å². The van der Waals surface area contributed by atoms with Crippen molar-refractivity contribution in [2.24, 2.45) is 5.41 Å². The Morgan fingerprint density at radius 3 is 2.59 bits per heavy atom. The molecule has 1 spiro atoms. The SMILES string of the molecule is CCCO[C@H]1C[C@@]2(CC[C@@H]1O)CCN(c1ccc(OC(F)(F)F)cc1)C2=O. The highest BCUT2D eigenvalue weighted by molar-refractivity contribution is 6.00. The second-order valence-electron chi connectivity index (χ2n) is 7.25. The minimum atomic E-state index is -4.74. The van der Waals surface area contributed by atoms with Gasteiger partial charge >= 0.3 is 6.36 Å². The van der Waals surface area contributed by atoms with Crippen molar-refractivity contribution >= 4 is 11.6 Å². The number of aliphatic hydroxyl groups excluding tert-OH is 1. The van der Waals surface area contributed by atoms with Crippen LogP contribution in [0.5, 0.6) is 5.75 Å². The molecule has 0 radical (unpaired) electrons. The van der Waals surface area contributed by atoms with Gasteiger partial charge < -0.3 is 19.5 Å². The van der Waals surface area contributed by atoms with Gasteiger partial charge in [-0.2, -0.15) is 0 Å². The van der Waals surface area contributed by atoms with Crippen LogP contribution in [0.3, 0.4) is 0 Å². The summed E-state index contributed by atoms with van der Waals surface area (Å²) in [4.78, 5) is 14.7. The largest absolute Gasteiger partial charge is 0.573 e. The summed E-state index contributed by atoms with van der Waals surface area (Å²) in [6.07, 6.45) is -2.62. The van der Waals surface area contributed by atoms with E-state index in [4.69, 9.17) is 4.74 Å². The molecule has 1 aliphatic carbocycles. The zero-order valence-corrected chi connectivity index (χ0v) is 15.2. The molecule has 1 saturated heterocycles. The van der Waals surface area contributed by atoms with Crippen LogP contribution >= 0.6 is 0 Å². The van der Waals surface area contributed by atoms with Gasteiger partial charge in [-0.25, -0.2) is 0 Å². The Bertz CT molecular complexity index is 664. The van der Waals surface area contributed by atoms with Crippen molar-refractivity contribution in [2.75, 3.05) is 18.1 Å². The van der Waals surface area contributed by atoms with E-state index in [-0.39, 0.29) is 17.8 Å². The lowest BCUT2D eigenvalue weighted by Crippen LogP contribution is -2.46. The van der Waals surface area contributed by atoms with Crippen molar-refractivity contribution in [1.82, 2.24) is 0 Å². The number of benzene rings is 1. The first-order chi connectivity index (χ1) is 12.7. The zero-order chi connectivity index (χ0) is 19.7. The molecular weight excluding hydrogens is 363 g/mol. The van der Waals surface area contributed by atoms with Gasteiger partial charge in [-0.15, -0.1) is 13.2 Å². The predicted octanol–water partition coefficient (Wildman–Crippen LogP) is 3.65. The van der Waals surface area contributed by atoms with Crippen LogP contribution in [-0.2, 0) is 9.53 Å². The standard InChI is InChI=1S/C19H24F3NO4/c1-2-11-26-16-12-18(8-7-15(16)24)9-10-23(17(18)25)13-3-5-14(6-4-13)27-19(20,21)22/h3-6,15-16,24H,2,7-12H2,1H3/t15-,16-,18+/m0/s1. The Kier molecular flexibility index (Phi) is 5.67. The van der Waals surface area contributed by atoms with Crippen LogP contribution in [0.15, 0.2) is 24.3 Å². The van der Waals surface area contributed by atoms with Gasteiger partial charge in [0.2, 0.25) is 5.91 Å². The number of anilines is 1. The maximum absolute atomic E-state index is 13.1. The predicted molar refractivity (Wildman–Crippen MR) is 92.4 cm³/mol. The number of amides is 1. The molecule has 0 unspecified atom stereocenters. The summed E-state index contributed by atoms with van der Waals surface area (Å²) >= 11 is 0. The first-order valence-corrected chi connectivity index (χ1v) is 9.21. The summed E-state index contributed by atoms with van der Waals surface area (Å²) in [5.41, 5.74) is -0.0257. The monoisotopic (exact) mass is 387 g/mol. The van der Waals surface area contributed by atoms with Crippen LogP contribution in [0, 0.1) is 5.41 Å². The normalized spacial score (nSPS) is 28.8. The van der Waals surface area contributed by atoms with E-state index in [1.165, 1.54) is 24.3 Å². The topological polar surface area (TPSA) is 59.0 Å². The van der Waals surface area contributed by atoms with Gasteiger partial charge in [-0.3, -0.25) is 4.79 Å². The van der Waals surface area contributed by atoms with Crippen molar-refractivity contribution in [3.8, 4) is 5.75 Å². The summed E-state index contributed by atoms with van der Waals surface area (Å²) in [6.45, 7) is 3.02. The number of hydrogen-bond donors (Lipinski definition) is 1. The third kappa shape index (κ3) is 4.38. The summed E-state index contributed by atoms with van der Waals surface area (Å²) in [6, 6.07) is 5.33. The summed E-state index contributed by atoms with van der Waals surface area (Å²) in [5.74, 6) is -0.370. The number of halogens is 3. The highest BCUT2D eigenvalue weighted by Crippen LogP contribution is 2.47. The van der Waals surface area contributed by atoms with E-state index >= 15 is 0 Å². The highest BCUT2D eigenvalue weighted by atomic mass is 19.4. The van der Waals surface area contributed by atoms with Gasteiger partial charge in [-0.05, 0) is 56.4 Å². The number of aliphatic hydroxyl groups is 1. The Labute approximate surface area is 156 Å². The quantitative estimate of drug-likeness (QED) is 0.838. The number of carbonyl (C=O) groups is 1. The molecule has 2 aliphatic rings. The molecule has 1 aromatic rings. The number of alkyl halides is 3. The molecule has 0 aromatic heterocycles. The van der Waals surface area contributed by atoms with Crippen molar-refractivity contribution in [3.63, 3.8) is 0 Å². The fourth-order valence-corrected chi connectivity index (χ4v) is 3.99. The van der Waals surface area contributed by atoms with Crippen LogP contribution in [0.25, 0.3) is 0 Å². The smallest absolute Gasteiger partial charge is 0.406 e. The van der Waals surface area contributed by atoms with Crippen molar-refractivity contribution in [3.05, 3.63) is 24.3 Å². The molecule has 1 aliphatic heterocycles. The van der Waals surface area contributed by atoms with Crippen LogP contribution in [0.2, 0.25) is 0 Å². The first kappa shape index (κ1) is 19.9. The lowest BCUT2D eigenvalue weighted by molar-refractivity contribution is -0.274. The molecule has 3 rings (SSSR count). The van der Waals surface area contributed by atoms with Gasteiger partial charge in [0.05, 0.1) is 17.6 Å². The van der Waals surface area contributed by atoms with Crippen LogP contribution in [-0.4, -0.2) is 42.7 Å². The molecule has 1 amide bonds. The lowest BCUT2D eigenvalue weighted by Gasteiger charge is -2.39. The fourth-order valence-electron chi connectivity index (χ4n) is 3.99. The zero-order valence-electron chi connectivity index (χ0n) is 15.2. The maximum Gasteiger partial charge on any atom is 0.573 e. The molecular formula is C19H24F3NO4. The number of nitrogens with zero attached hydrogens (tertiary/aromatic N) is 1. The average molecular weight is 387 g/mol. The summed E-state index contributed by atoms with van der Waals surface area (Å²) in [5, 5.41) is 10.2. The Balaban J connectivity index is 1.71. The average Bonchev–Trinajstić information content (AvgIpc) is 2.92. The van der Waals surface area contributed by atoms with Gasteiger partial charge in [-0.1, -0.05) is 6.92 Å². The Morgan fingerprint density at radius 2 is 1.96 bits per heavy atom. The fraction of sp³-hybridized carbons (Fsp3) is 0.632. The van der Waals surface area contributed by atoms with Gasteiger partial charge in [0.25, 0.3) is 0 Å². The van der Waals surface area contributed by atoms with E-state index in [9.17, 15) is 23.1 Å². The molecule has 5 nitrogen and oxygen atoms in total. The number of rotatable bonds is 5. The number of hydrogen-bond acceptors (Lipinski definition) is 4. The van der Waals surface area contributed by atoms with Gasteiger partial charge in [0.15, 0.2) is 0 Å². The van der Waals surface area contributed by atoms with E-state index < -0.39 is 17.9 Å². The summed E-state index contributed by atoms with van der Waals surface area (Å²) in [7, 11) is 0. The third-order valence-electron chi connectivity index (χ3n) is 5.37. The molecule has 1 saturated carbocycles. The van der Waals surface area contributed by atoms with E-state index in [1.807, 2.05) is 6.92 Å². The van der Waals surface area contributed by atoms with E-state index in [0.29, 0.717) is 44.5 Å². The minimum Gasteiger partial charge on any atom is -0.406 e. The van der Waals surface area contributed by atoms with Gasteiger partial charge in [0, 0.05) is 18.8 Å². The van der Waals surface area contributed by atoms with Crippen LogP contribution in [0.1, 0.15) is 39.0 Å². The molecule has 1 aromatic carbocycles. The molecule has 0 bridgehead atoms. The third-order valence-corrected chi connectivity index (χ3v) is 5.37. The lowest BCUT2D eigenvalue weighted by atomic mass is 9.70. The maximum atomic E-state index is 13.1. The highest BCUT2D eigenvalue weighted by Gasteiger charge is 2.51. The van der Waals surface area contributed by atoms with E-state index in [1.54, 1.807) is 4.90 Å². The summed E-state index contributed by atoms with van der Waals surface area (Å²) < 4.78 is 46.5. The van der Waals surface area contributed by atoms with Crippen molar-refractivity contribution in [1.29, 1.82) is 0 Å². The molecule has 2 fully saturated rings. The number of carbonyl (C=O) groups excluding carboxylic acids is 1. The first-order valence-electron chi connectivity index (χ1n) is 9.21. The van der Waals surface area contributed by atoms with Crippen molar-refractivity contribution < 1.29 is 32.5 Å². The molecule has 27 heavy (non-hydrogen) atoms. The molecule has 3 atom stereocenters. The second kappa shape index (κ2) is 7.67. The molecule has 150 valence electrons. The molecule has 1 N–H and O–H groups in total. The Morgan fingerprint density at radius 1 is 1.26 bits per heavy atom. The van der Waals surface area contributed by atoms with E-state index in [2.05, 4.69) is 4.74 Å². The minimum absolute atomic E-state index is 0.0519.